The topological polar surface area (TPSA) is 17.8 Å². The third-order valence-electron chi connectivity index (χ3n) is 3.88. The van der Waals surface area contributed by atoms with Crippen LogP contribution < -0.4 is 0 Å². The number of hydrogen-bond acceptors (Lipinski definition) is 1. The lowest BCUT2D eigenvalue weighted by molar-refractivity contribution is 0.302. The number of aromatic nitrogens is 2. The molecular formula is C13H20N2. The highest BCUT2D eigenvalue weighted by Gasteiger charge is 2.30. The maximum Gasteiger partial charge on any atom is 0.0524 e. The molecule has 0 radical (unpaired) electrons. The number of hydrogen-bond donors (Lipinski definition) is 0. The molecule has 1 fully saturated rings. The van der Waals surface area contributed by atoms with Crippen LogP contribution in [0.15, 0.2) is 6.20 Å². The lowest BCUT2D eigenvalue weighted by Gasteiger charge is -2.30. The summed E-state index contributed by atoms with van der Waals surface area (Å²) in [6.45, 7) is 5.93. The molecule has 2 aliphatic rings. The Morgan fingerprint density at radius 2 is 2.27 bits per heavy atom. The second-order valence-corrected chi connectivity index (χ2v) is 6.08. The van der Waals surface area contributed by atoms with Gasteiger partial charge in [0.15, 0.2) is 0 Å². The molecule has 0 unspecified atom stereocenters. The van der Waals surface area contributed by atoms with E-state index in [9.17, 15) is 0 Å². The zero-order chi connectivity index (χ0) is 10.5. The molecule has 0 atom stereocenters. The molecule has 1 heterocycles. The van der Waals surface area contributed by atoms with Crippen LogP contribution in [0.5, 0.6) is 0 Å². The van der Waals surface area contributed by atoms with Crippen molar-refractivity contribution in [3.63, 3.8) is 0 Å². The van der Waals surface area contributed by atoms with Gasteiger partial charge in [-0.25, -0.2) is 0 Å². The average Bonchev–Trinajstić information content (AvgIpc) is 2.89. The molecule has 1 aromatic rings. The first-order valence-electron chi connectivity index (χ1n) is 6.18. The first-order valence-corrected chi connectivity index (χ1v) is 6.18. The van der Waals surface area contributed by atoms with Crippen molar-refractivity contribution in [2.75, 3.05) is 0 Å². The maximum absolute atomic E-state index is 4.56. The van der Waals surface area contributed by atoms with Crippen LogP contribution in [0.2, 0.25) is 0 Å². The van der Waals surface area contributed by atoms with Crippen LogP contribution in [0.4, 0.5) is 0 Å². The van der Waals surface area contributed by atoms with Crippen LogP contribution in [0.3, 0.4) is 0 Å². The molecule has 2 aliphatic carbocycles. The highest BCUT2D eigenvalue weighted by atomic mass is 15.3. The molecule has 0 aliphatic heterocycles. The van der Waals surface area contributed by atoms with E-state index in [2.05, 4.69) is 29.8 Å². The van der Waals surface area contributed by atoms with E-state index >= 15 is 0 Å². The predicted molar refractivity (Wildman–Crippen MR) is 60.8 cm³/mol. The lowest BCUT2D eigenvalue weighted by Crippen LogP contribution is -2.24. The standard InChI is InChI=1S/C13H20N2/c1-13(2)6-5-11-8-14-15(12(11)7-13)9-10-3-4-10/h8,10H,3-7,9H2,1-2H3. The van der Waals surface area contributed by atoms with E-state index < -0.39 is 0 Å². The Kier molecular flexibility index (Phi) is 1.95. The molecule has 0 aromatic carbocycles. The number of rotatable bonds is 2. The van der Waals surface area contributed by atoms with Gasteiger partial charge in [0.1, 0.15) is 0 Å². The Morgan fingerprint density at radius 1 is 1.47 bits per heavy atom. The first kappa shape index (κ1) is 9.44. The van der Waals surface area contributed by atoms with E-state index in [1.165, 1.54) is 49.9 Å². The van der Waals surface area contributed by atoms with E-state index in [-0.39, 0.29) is 0 Å². The van der Waals surface area contributed by atoms with Crippen molar-refractivity contribution >= 4 is 0 Å². The minimum absolute atomic E-state index is 0.480. The molecular weight excluding hydrogens is 184 g/mol. The lowest BCUT2D eigenvalue weighted by atomic mass is 9.77. The molecule has 2 heteroatoms. The van der Waals surface area contributed by atoms with Crippen LogP contribution >= 0.6 is 0 Å². The first-order chi connectivity index (χ1) is 7.14. The number of nitrogens with zero attached hydrogens (tertiary/aromatic N) is 2. The molecule has 1 saturated carbocycles. The minimum Gasteiger partial charge on any atom is -0.269 e. The Balaban J connectivity index is 1.87. The summed E-state index contributed by atoms with van der Waals surface area (Å²) in [6.07, 6.45) is 8.69. The highest BCUT2D eigenvalue weighted by Crippen LogP contribution is 2.36. The van der Waals surface area contributed by atoms with Crippen LogP contribution in [-0.4, -0.2) is 9.78 Å². The molecule has 0 spiro atoms. The Hall–Kier alpha value is -0.790. The smallest absolute Gasteiger partial charge is 0.0524 e. The SMILES string of the molecule is CC1(C)CCc2cnn(CC3CC3)c2C1. The molecule has 3 rings (SSSR count). The van der Waals surface area contributed by atoms with Crippen molar-refractivity contribution in [3.8, 4) is 0 Å². The van der Waals surface area contributed by atoms with E-state index in [0.717, 1.165) is 5.92 Å². The normalized spacial score (nSPS) is 23.9. The van der Waals surface area contributed by atoms with Crippen LogP contribution in [-0.2, 0) is 19.4 Å². The summed E-state index contributed by atoms with van der Waals surface area (Å²) >= 11 is 0. The summed E-state index contributed by atoms with van der Waals surface area (Å²) in [4.78, 5) is 0. The minimum atomic E-state index is 0.480. The van der Waals surface area contributed by atoms with Gasteiger partial charge >= 0.3 is 0 Å². The predicted octanol–water partition coefficient (Wildman–Crippen LogP) is 2.81. The number of aryl methyl sites for hydroxylation is 1. The Bertz CT molecular complexity index is 372. The quantitative estimate of drug-likeness (QED) is 0.724. The van der Waals surface area contributed by atoms with Gasteiger partial charge in [-0.15, -0.1) is 0 Å². The summed E-state index contributed by atoms with van der Waals surface area (Å²) in [5.41, 5.74) is 3.52. The summed E-state index contributed by atoms with van der Waals surface area (Å²) in [7, 11) is 0. The fraction of sp³-hybridized carbons (Fsp3) is 0.769. The van der Waals surface area contributed by atoms with Crippen molar-refractivity contribution in [2.24, 2.45) is 11.3 Å². The van der Waals surface area contributed by atoms with Crippen LogP contribution in [0.1, 0.15) is 44.4 Å². The highest BCUT2D eigenvalue weighted by molar-refractivity contribution is 5.23. The summed E-state index contributed by atoms with van der Waals surface area (Å²) in [6, 6.07) is 0. The summed E-state index contributed by atoms with van der Waals surface area (Å²) in [5, 5.41) is 4.56. The van der Waals surface area contributed by atoms with E-state index in [1.807, 2.05) is 0 Å². The average molecular weight is 204 g/mol. The van der Waals surface area contributed by atoms with Gasteiger partial charge in [-0.2, -0.15) is 5.10 Å². The molecule has 15 heavy (non-hydrogen) atoms. The van der Waals surface area contributed by atoms with E-state index in [0.29, 0.717) is 5.41 Å². The maximum atomic E-state index is 4.56. The van der Waals surface area contributed by atoms with Crippen molar-refractivity contribution in [1.29, 1.82) is 0 Å². The fourth-order valence-electron chi connectivity index (χ4n) is 2.58. The van der Waals surface area contributed by atoms with Crippen molar-refractivity contribution in [1.82, 2.24) is 9.78 Å². The molecule has 2 nitrogen and oxygen atoms in total. The zero-order valence-corrected chi connectivity index (χ0v) is 9.79. The van der Waals surface area contributed by atoms with Crippen molar-refractivity contribution in [3.05, 3.63) is 17.5 Å². The molecule has 82 valence electrons. The monoisotopic (exact) mass is 204 g/mol. The molecule has 1 aromatic heterocycles. The van der Waals surface area contributed by atoms with Crippen LogP contribution in [0.25, 0.3) is 0 Å². The Labute approximate surface area is 91.7 Å². The largest absolute Gasteiger partial charge is 0.269 e. The van der Waals surface area contributed by atoms with E-state index in [4.69, 9.17) is 0 Å². The molecule has 0 bridgehead atoms. The molecule has 0 N–H and O–H groups in total. The fourth-order valence-corrected chi connectivity index (χ4v) is 2.58. The van der Waals surface area contributed by atoms with Crippen molar-refractivity contribution < 1.29 is 0 Å². The van der Waals surface area contributed by atoms with Crippen LogP contribution in [0, 0.1) is 11.3 Å². The van der Waals surface area contributed by atoms with Gasteiger partial charge in [0.05, 0.1) is 6.20 Å². The van der Waals surface area contributed by atoms with Gasteiger partial charge in [-0.05, 0) is 49.0 Å². The van der Waals surface area contributed by atoms with Gasteiger partial charge in [0.2, 0.25) is 0 Å². The molecule has 0 saturated heterocycles. The van der Waals surface area contributed by atoms with Gasteiger partial charge in [-0.1, -0.05) is 13.8 Å². The van der Waals surface area contributed by atoms with Gasteiger partial charge in [-0.3, -0.25) is 4.68 Å². The van der Waals surface area contributed by atoms with Crippen molar-refractivity contribution in [2.45, 2.75) is 52.5 Å². The number of fused-ring (bicyclic) bond motifs is 1. The summed E-state index contributed by atoms with van der Waals surface area (Å²) in [5.74, 6) is 0.930. The van der Waals surface area contributed by atoms with E-state index in [1.54, 1.807) is 0 Å². The second kappa shape index (κ2) is 3.10. The zero-order valence-electron chi connectivity index (χ0n) is 9.79. The second-order valence-electron chi connectivity index (χ2n) is 6.08. The van der Waals surface area contributed by atoms with Gasteiger partial charge < -0.3 is 0 Å². The molecule has 0 amide bonds. The van der Waals surface area contributed by atoms with Gasteiger partial charge in [0, 0.05) is 12.2 Å². The third kappa shape index (κ3) is 1.82. The Morgan fingerprint density at radius 3 is 3.00 bits per heavy atom. The summed E-state index contributed by atoms with van der Waals surface area (Å²) < 4.78 is 2.29. The third-order valence-corrected chi connectivity index (χ3v) is 3.88. The van der Waals surface area contributed by atoms with Gasteiger partial charge in [0.25, 0.3) is 0 Å².